The first-order valence-electron chi connectivity index (χ1n) is 4.53. The van der Waals surface area contributed by atoms with E-state index in [1.54, 1.807) is 0 Å². The van der Waals surface area contributed by atoms with Crippen LogP contribution in [0.4, 0.5) is 0 Å². The fourth-order valence-electron chi connectivity index (χ4n) is 1.11. The minimum Gasteiger partial charge on any atom is -0.475 e. The summed E-state index contributed by atoms with van der Waals surface area (Å²) < 4.78 is 0. The summed E-state index contributed by atoms with van der Waals surface area (Å²) in [5, 5.41) is 8.36. The minimum atomic E-state index is -1.44. The zero-order valence-electron chi connectivity index (χ0n) is 8.65. The largest absolute Gasteiger partial charge is 0.475 e. The van der Waals surface area contributed by atoms with Crippen molar-refractivity contribution < 1.29 is 14.7 Å². The third kappa shape index (κ3) is 3.06. The number of benzene rings is 1. The molecule has 1 aromatic carbocycles. The zero-order chi connectivity index (χ0) is 11.4. The van der Waals surface area contributed by atoms with Crippen molar-refractivity contribution in [1.82, 2.24) is 0 Å². The van der Waals surface area contributed by atoms with Crippen molar-refractivity contribution >= 4 is 17.8 Å². The Labute approximate surface area is 88.0 Å². The standard InChI is InChI=1S/C12H12O3/c1-8-3-4-10(7-9(8)2)5-6-11(13)12(14)15/h3-7H,1-2H3,(H,14,15)/b6-5+. The maximum atomic E-state index is 10.8. The van der Waals surface area contributed by atoms with E-state index in [-0.39, 0.29) is 0 Å². The summed E-state index contributed by atoms with van der Waals surface area (Å²) in [7, 11) is 0. The van der Waals surface area contributed by atoms with Crippen LogP contribution in [0.15, 0.2) is 24.3 Å². The van der Waals surface area contributed by atoms with E-state index in [4.69, 9.17) is 5.11 Å². The smallest absolute Gasteiger partial charge is 0.376 e. The molecule has 0 fully saturated rings. The van der Waals surface area contributed by atoms with Crippen molar-refractivity contribution in [3.05, 3.63) is 41.0 Å². The van der Waals surface area contributed by atoms with Gasteiger partial charge in [-0.15, -0.1) is 0 Å². The summed E-state index contributed by atoms with van der Waals surface area (Å²) >= 11 is 0. The average Bonchev–Trinajstić information content (AvgIpc) is 2.19. The maximum Gasteiger partial charge on any atom is 0.376 e. The molecule has 15 heavy (non-hydrogen) atoms. The number of hydrogen-bond acceptors (Lipinski definition) is 2. The highest BCUT2D eigenvalue weighted by atomic mass is 16.4. The lowest BCUT2D eigenvalue weighted by Crippen LogP contribution is -2.08. The number of aryl methyl sites for hydroxylation is 2. The van der Waals surface area contributed by atoms with Crippen LogP contribution < -0.4 is 0 Å². The first kappa shape index (κ1) is 11.2. The van der Waals surface area contributed by atoms with Crippen LogP contribution in [-0.4, -0.2) is 16.9 Å². The van der Waals surface area contributed by atoms with Crippen molar-refractivity contribution in [2.45, 2.75) is 13.8 Å². The van der Waals surface area contributed by atoms with Crippen LogP contribution >= 0.6 is 0 Å². The Bertz CT molecular complexity index is 430. The van der Waals surface area contributed by atoms with Crippen molar-refractivity contribution in [2.24, 2.45) is 0 Å². The molecule has 0 heterocycles. The number of carbonyl (C=O) groups is 2. The van der Waals surface area contributed by atoms with Gasteiger partial charge in [0.05, 0.1) is 0 Å². The molecule has 3 nitrogen and oxygen atoms in total. The Balaban J connectivity index is 2.86. The lowest BCUT2D eigenvalue weighted by Gasteiger charge is -2.00. The molecule has 3 heteroatoms. The molecule has 0 saturated carbocycles. The van der Waals surface area contributed by atoms with Crippen molar-refractivity contribution in [2.75, 3.05) is 0 Å². The van der Waals surface area contributed by atoms with Gasteiger partial charge in [0.1, 0.15) is 0 Å². The van der Waals surface area contributed by atoms with E-state index < -0.39 is 11.8 Å². The highest BCUT2D eigenvalue weighted by Crippen LogP contribution is 2.10. The van der Waals surface area contributed by atoms with Crippen LogP contribution in [0.2, 0.25) is 0 Å². The van der Waals surface area contributed by atoms with Crippen molar-refractivity contribution in [1.29, 1.82) is 0 Å². The predicted octanol–water partition coefficient (Wildman–Crippen LogP) is 1.97. The maximum absolute atomic E-state index is 10.8. The van der Waals surface area contributed by atoms with Crippen LogP contribution in [-0.2, 0) is 9.59 Å². The monoisotopic (exact) mass is 204 g/mol. The van der Waals surface area contributed by atoms with Gasteiger partial charge in [-0.3, -0.25) is 4.79 Å². The second-order valence-corrected chi connectivity index (χ2v) is 3.35. The zero-order valence-corrected chi connectivity index (χ0v) is 8.65. The van der Waals surface area contributed by atoms with Gasteiger partial charge in [0.15, 0.2) is 0 Å². The first-order chi connectivity index (χ1) is 7.00. The van der Waals surface area contributed by atoms with Crippen LogP contribution in [0, 0.1) is 13.8 Å². The summed E-state index contributed by atoms with van der Waals surface area (Å²) in [6.07, 6.45) is 2.56. The molecule has 78 valence electrons. The highest BCUT2D eigenvalue weighted by Gasteiger charge is 2.05. The molecule has 1 N–H and O–H groups in total. The van der Waals surface area contributed by atoms with Gasteiger partial charge in [-0.25, -0.2) is 4.79 Å². The summed E-state index contributed by atoms with van der Waals surface area (Å²) in [4.78, 5) is 21.0. The average molecular weight is 204 g/mol. The molecule has 0 bridgehead atoms. The van der Waals surface area contributed by atoms with E-state index in [9.17, 15) is 9.59 Å². The summed E-state index contributed by atoms with van der Waals surface area (Å²) in [6, 6.07) is 5.68. The van der Waals surface area contributed by atoms with Gasteiger partial charge < -0.3 is 5.11 Å². The van der Waals surface area contributed by atoms with Gasteiger partial charge in [0.25, 0.3) is 5.78 Å². The van der Waals surface area contributed by atoms with Crippen molar-refractivity contribution in [3.8, 4) is 0 Å². The Morgan fingerprint density at radius 1 is 1.20 bits per heavy atom. The Morgan fingerprint density at radius 2 is 1.87 bits per heavy atom. The van der Waals surface area contributed by atoms with Crippen LogP contribution in [0.1, 0.15) is 16.7 Å². The molecule has 0 aliphatic rings. The molecular weight excluding hydrogens is 192 g/mol. The van der Waals surface area contributed by atoms with E-state index in [0.717, 1.165) is 22.8 Å². The number of aliphatic carboxylic acids is 1. The molecular formula is C12H12O3. The number of hydrogen-bond donors (Lipinski definition) is 1. The van der Waals surface area contributed by atoms with E-state index in [2.05, 4.69) is 0 Å². The van der Waals surface area contributed by atoms with Gasteiger partial charge >= 0.3 is 5.97 Å². The molecule has 0 saturated heterocycles. The van der Waals surface area contributed by atoms with E-state index in [1.165, 1.54) is 6.08 Å². The number of ketones is 1. The molecule has 0 aromatic heterocycles. The lowest BCUT2D eigenvalue weighted by molar-refractivity contribution is -0.146. The molecule has 0 atom stereocenters. The Kier molecular flexibility index (Phi) is 3.39. The molecule has 0 unspecified atom stereocenters. The van der Waals surface area contributed by atoms with Gasteiger partial charge in [0.2, 0.25) is 0 Å². The van der Waals surface area contributed by atoms with Crippen LogP contribution in [0.5, 0.6) is 0 Å². The number of carbonyl (C=O) groups excluding carboxylic acids is 1. The van der Waals surface area contributed by atoms with Gasteiger partial charge in [-0.2, -0.15) is 0 Å². The third-order valence-corrected chi connectivity index (χ3v) is 2.17. The molecule has 0 aliphatic heterocycles. The fraction of sp³-hybridized carbons (Fsp3) is 0.167. The van der Waals surface area contributed by atoms with Gasteiger partial charge in [-0.05, 0) is 36.6 Å². The van der Waals surface area contributed by atoms with Crippen LogP contribution in [0.25, 0.3) is 6.08 Å². The molecule has 0 amide bonds. The summed E-state index contributed by atoms with van der Waals surface area (Å²) in [5.41, 5.74) is 3.10. The predicted molar refractivity (Wildman–Crippen MR) is 57.6 cm³/mol. The van der Waals surface area contributed by atoms with Gasteiger partial charge in [0, 0.05) is 0 Å². The summed E-state index contributed by atoms with van der Waals surface area (Å²) in [6.45, 7) is 3.96. The normalized spacial score (nSPS) is 10.5. The Morgan fingerprint density at radius 3 is 2.40 bits per heavy atom. The Hall–Kier alpha value is -1.90. The molecule has 0 spiro atoms. The quantitative estimate of drug-likeness (QED) is 0.605. The van der Waals surface area contributed by atoms with Gasteiger partial charge in [-0.1, -0.05) is 24.3 Å². The number of carboxylic acids is 1. The highest BCUT2D eigenvalue weighted by molar-refractivity contribution is 6.38. The second kappa shape index (κ2) is 4.55. The number of carboxylic acid groups (broad SMARTS) is 1. The van der Waals surface area contributed by atoms with E-state index in [1.807, 2.05) is 32.0 Å². The topological polar surface area (TPSA) is 54.4 Å². The summed E-state index contributed by atoms with van der Waals surface area (Å²) in [5.74, 6) is -2.34. The fourth-order valence-corrected chi connectivity index (χ4v) is 1.11. The molecule has 0 radical (unpaired) electrons. The van der Waals surface area contributed by atoms with Crippen molar-refractivity contribution in [3.63, 3.8) is 0 Å². The third-order valence-electron chi connectivity index (χ3n) is 2.17. The first-order valence-corrected chi connectivity index (χ1v) is 4.53. The second-order valence-electron chi connectivity index (χ2n) is 3.35. The minimum absolute atomic E-state index is 0.827. The lowest BCUT2D eigenvalue weighted by atomic mass is 10.1. The molecule has 1 aromatic rings. The van der Waals surface area contributed by atoms with E-state index in [0.29, 0.717) is 0 Å². The van der Waals surface area contributed by atoms with E-state index >= 15 is 0 Å². The number of rotatable bonds is 3. The molecule has 1 rings (SSSR count). The molecule has 0 aliphatic carbocycles. The van der Waals surface area contributed by atoms with Crippen LogP contribution in [0.3, 0.4) is 0 Å². The SMILES string of the molecule is Cc1ccc(/C=C/C(=O)C(=O)O)cc1C.